The molecule has 196 valence electrons. The molecule has 0 spiro atoms. The summed E-state index contributed by atoms with van der Waals surface area (Å²) in [6.45, 7) is 1.18. The number of methoxy groups -OCH3 is 1. The number of H-pyrrole nitrogens is 1. The van der Waals surface area contributed by atoms with Crippen LogP contribution in [0.5, 0.6) is 5.75 Å². The number of likely N-dealkylation sites (tertiary alicyclic amines) is 1. The summed E-state index contributed by atoms with van der Waals surface area (Å²) in [6, 6.07) is 8.12. The van der Waals surface area contributed by atoms with E-state index in [4.69, 9.17) is 4.74 Å². The first kappa shape index (κ1) is 25.1. The maximum Gasteiger partial charge on any atom is 0.270 e. The topological polar surface area (TPSA) is 127 Å². The summed E-state index contributed by atoms with van der Waals surface area (Å²) in [7, 11) is 1.60. The second kappa shape index (κ2) is 10.8. The van der Waals surface area contributed by atoms with E-state index in [0.29, 0.717) is 43.3 Å². The van der Waals surface area contributed by atoms with Crippen LogP contribution in [0, 0.1) is 29.1 Å². The molecule has 5 rings (SSSR count). The van der Waals surface area contributed by atoms with Gasteiger partial charge in [-0.05, 0) is 55.7 Å². The molecule has 1 aromatic carbocycles. The number of benzene rings is 1. The molecule has 0 radical (unpaired) electrons. The van der Waals surface area contributed by atoms with Crippen molar-refractivity contribution in [1.29, 1.82) is 5.26 Å². The molecule has 3 aliphatic rings. The van der Waals surface area contributed by atoms with Crippen LogP contribution in [0.15, 0.2) is 24.3 Å². The first-order chi connectivity index (χ1) is 18.0. The van der Waals surface area contributed by atoms with Crippen LogP contribution < -0.4 is 15.4 Å². The first-order valence-corrected chi connectivity index (χ1v) is 13.4. The largest absolute Gasteiger partial charge is 0.496 e. The van der Waals surface area contributed by atoms with Gasteiger partial charge < -0.3 is 25.3 Å². The van der Waals surface area contributed by atoms with Gasteiger partial charge in [0.25, 0.3) is 5.91 Å². The molecule has 2 saturated heterocycles. The van der Waals surface area contributed by atoms with Crippen molar-refractivity contribution in [3.63, 3.8) is 0 Å². The highest BCUT2D eigenvalue weighted by Crippen LogP contribution is 2.39. The Labute approximate surface area is 216 Å². The lowest BCUT2D eigenvalue weighted by molar-refractivity contribution is -0.128. The fourth-order valence-electron chi connectivity index (χ4n) is 6.44. The summed E-state index contributed by atoms with van der Waals surface area (Å²) in [5, 5.41) is 16.3. The Morgan fingerprint density at radius 2 is 2.03 bits per heavy atom. The number of amides is 3. The zero-order chi connectivity index (χ0) is 25.9. The number of carbonyl (C=O) groups is 3. The van der Waals surface area contributed by atoms with Crippen LogP contribution in [0.4, 0.5) is 0 Å². The summed E-state index contributed by atoms with van der Waals surface area (Å²) in [5.74, 6) is 0.557. The highest BCUT2D eigenvalue weighted by atomic mass is 16.5. The molecule has 3 heterocycles. The van der Waals surface area contributed by atoms with Crippen LogP contribution in [-0.4, -0.2) is 59.9 Å². The number of nitrogens with zero attached hydrogens (tertiary/aromatic N) is 2. The highest BCUT2D eigenvalue weighted by molar-refractivity contribution is 6.01. The van der Waals surface area contributed by atoms with Crippen LogP contribution in [0.2, 0.25) is 0 Å². The maximum absolute atomic E-state index is 13.8. The predicted molar refractivity (Wildman–Crippen MR) is 138 cm³/mol. The van der Waals surface area contributed by atoms with Crippen LogP contribution in [0.25, 0.3) is 10.9 Å². The van der Waals surface area contributed by atoms with Gasteiger partial charge in [-0.2, -0.15) is 5.26 Å². The van der Waals surface area contributed by atoms with Gasteiger partial charge in [0.2, 0.25) is 11.8 Å². The number of aromatic amines is 1. The van der Waals surface area contributed by atoms with Crippen LogP contribution >= 0.6 is 0 Å². The van der Waals surface area contributed by atoms with Crippen molar-refractivity contribution in [3.05, 3.63) is 30.0 Å². The number of rotatable bonds is 7. The number of nitrogens with one attached hydrogen (secondary N) is 3. The van der Waals surface area contributed by atoms with Crippen LogP contribution in [-0.2, 0) is 9.59 Å². The lowest BCUT2D eigenvalue weighted by atomic mass is 9.88. The summed E-state index contributed by atoms with van der Waals surface area (Å²) >= 11 is 0. The van der Waals surface area contributed by atoms with E-state index in [2.05, 4.69) is 21.7 Å². The molecule has 2 aliphatic heterocycles. The quantitative estimate of drug-likeness (QED) is 0.533. The molecule has 3 unspecified atom stereocenters. The van der Waals surface area contributed by atoms with E-state index in [9.17, 15) is 19.6 Å². The average molecular weight is 506 g/mol. The van der Waals surface area contributed by atoms with Gasteiger partial charge in [-0.1, -0.05) is 31.7 Å². The third-order valence-corrected chi connectivity index (χ3v) is 8.43. The molecular formula is C28H35N5O4. The fourth-order valence-corrected chi connectivity index (χ4v) is 6.44. The second-order valence-electron chi connectivity index (χ2n) is 10.7. The minimum absolute atomic E-state index is 0.0612. The van der Waals surface area contributed by atoms with Gasteiger partial charge >= 0.3 is 0 Å². The Morgan fingerprint density at radius 1 is 1.22 bits per heavy atom. The van der Waals surface area contributed by atoms with Gasteiger partial charge in [-0.25, -0.2) is 0 Å². The summed E-state index contributed by atoms with van der Waals surface area (Å²) in [4.78, 5) is 44.4. The molecule has 1 saturated carbocycles. The molecule has 1 aliphatic carbocycles. The van der Waals surface area contributed by atoms with Crippen molar-refractivity contribution in [3.8, 4) is 11.8 Å². The summed E-state index contributed by atoms with van der Waals surface area (Å²) < 4.78 is 5.45. The fraction of sp³-hybridized carbons (Fsp3) is 0.571. The van der Waals surface area contributed by atoms with E-state index in [1.165, 1.54) is 12.8 Å². The maximum atomic E-state index is 13.8. The van der Waals surface area contributed by atoms with Gasteiger partial charge in [0, 0.05) is 29.9 Å². The molecule has 1 aromatic heterocycles. The average Bonchev–Trinajstić information content (AvgIpc) is 3.68. The SMILES string of the molecule is COc1cccc2[nH]c(C(=O)N3CC(C4CCCC4)CC3C(=O)N[C@H](C#N)CC3CCCNC3=O)cc12. The van der Waals surface area contributed by atoms with Gasteiger partial charge in [-0.15, -0.1) is 0 Å². The number of ether oxygens (including phenoxy) is 1. The molecule has 9 nitrogen and oxygen atoms in total. The lowest BCUT2D eigenvalue weighted by Crippen LogP contribution is -2.49. The van der Waals surface area contributed by atoms with E-state index in [-0.39, 0.29) is 36.0 Å². The third kappa shape index (κ3) is 5.15. The van der Waals surface area contributed by atoms with Crippen molar-refractivity contribution in [2.75, 3.05) is 20.2 Å². The minimum Gasteiger partial charge on any atom is -0.496 e. The molecule has 3 amide bonds. The number of carbonyl (C=O) groups excluding carboxylic acids is 3. The molecule has 9 heteroatoms. The molecule has 37 heavy (non-hydrogen) atoms. The number of hydrogen-bond acceptors (Lipinski definition) is 5. The van der Waals surface area contributed by atoms with Crippen LogP contribution in [0.1, 0.15) is 61.9 Å². The van der Waals surface area contributed by atoms with Crippen LogP contribution in [0.3, 0.4) is 0 Å². The van der Waals surface area contributed by atoms with E-state index in [1.54, 1.807) is 18.1 Å². The van der Waals surface area contributed by atoms with E-state index in [0.717, 1.165) is 30.2 Å². The lowest BCUT2D eigenvalue weighted by Gasteiger charge is -2.27. The van der Waals surface area contributed by atoms with Gasteiger partial charge in [0.1, 0.15) is 23.5 Å². The molecule has 3 N–H and O–H groups in total. The smallest absolute Gasteiger partial charge is 0.270 e. The van der Waals surface area contributed by atoms with Crippen molar-refractivity contribution >= 4 is 28.6 Å². The Bertz CT molecular complexity index is 1210. The summed E-state index contributed by atoms with van der Waals surface area (Å²) in [6.07, 6.45) is 7.08. The van der Waals surface area contributed by atoms with Gasteiger partial charge in [0.05, 0.1) is 13.2 Å². The predicted octanol–water partition coefficient (Wildman–Crippen LogP) is 3.12. The number of aromatic nitrogens is 1. The van der Waals surface area contributed by atoms with Crippen molar-refractivity contribution in [1.82, 2.24) is 20.5 Å². The number of piperidine rings is 1. The zero-order valence-corrected chi connectivity index (χ0v) is 21.3. The molecule has 3 fully saturated rings. The summed E-state index contributed by atoms with van der Waals surface area (Å²) in [5.41, 5.74) is 1.21. The third-order valence-electron chi connectivity index (χ3n) is 8.43. The number of nitriles is 1. The standard InChI is InChI=1S/C28H35N5O4/c1-37-25-10-4-9-22-21(25)14-23(32-22)28(36)33-16-19(17-6-2-3-7-17)13-24(33)27(35)31-20(15-29)12-18-8-5-11-30-26(18)34/h4,9-10,14,17-20,24,32H,2-3,5-8,11-13,16H2,1H3,(H,30,34)(H,31,35)/t18?,19?,20-,24?/m0/s1. The Kier molecular flexibility index (Phi) is 7.36. The van der Waals surface area contributed by atoms with Gasteiger partial charge in [0.15, 0.2) is 0 Å². The van der Waals surface area contributed by atoms with Crippen molar-refractivity contribution < 1.29 is 19.1 Å². The molecule has 4 atom stereocenters. The molecular weight excluding hydrogens is 470 g/mol. The minimum atomic E-state index is -0.777. The van der Waals surface area contributed by atoms with Crippen molar-refractivity contribution in [2.45, 2.75) is 63.5 Å². The first-order valence-electron chi connectivity index (χ1n) is 13.4. The Morgan fingerprint density at radius 3 is 2.76 bits per heavy atom. The molecule has 0 bridgehead atoms. The Balaban J connectivity index is 1.35. The number of fused-ring (bicyclic) bond motifs is 1. The highest BCUT2D eigenvalue weighted by Gasteiger charge is 2.44. The normalized spacial score (nSPS) is 25.0. The van der Waals surface area contributed by atoms with Gasteiger partial charge in [-0.3, -0.25) is 14.4 Å². The second-order valence-corrected chi connectivity index (χ2v) is 10.7. The Hall–Kier alpha value is -3.54. The van der Waals surface area contributed by atoms with E-state index in [1.807, 2.05) is 18.2 Å². The van der Waals surface area contributed by atoms with Crippen molar-refractivity contribution in [2.24, 2.45) is 17.8 Å². The molecule has 2 aromatic rings. The monoisotopic (exact) mass is 505 g/mol. The van der Waals surface area contributed by atoms with E-state index >= 15 is 0 Å². The number of hydrogen-bond donors (Lipinski definition) is 3. The van der Waals surface area contributed by atoms with E-state index < -0.39 is 12.1 Å². The zero-order valence-electron chi connectivity index (χ0n) is 21.3.